The quantitative estimate of drug-likeness (QED) is 0.482. The summed E-state index contributed by atoms with van der Waals surface area (Å²) in [7, 11) is 0. The number of amides is 3. The van der Waals surface area contributed by atoms with Crippen molar-refractivity contribution in [3.05, 3.63) is 82.8 Å². The molecule has 34 heavy (non-hydrogen) atoms. The highest BCUT2D eigenvalue weighted by atomic mass is 19.4. The molecule has 0 bridgehead atoms. The number of benzene rings is 2. The van der Waals surface area contributed by atoms with Gasteiger partial charge in [0.05, 0.1) is 41.8 Å². The van der Waals surface area contributed by atoms with Crippen molar-refractivity contribution in [1.82, 2.24) is 4.90 Å². The highest BCUT2D eigenvalue weighted by molar-refractivity contribution is 6.22. The van der Waals surface area contributed by atoms with Gasteiger partial charge in [0.2, 0.25) is 0 Å². The second-order valence-corrected chi connectivity index (χ2v) is 7.55. The van der Waals surface area contributed by atoms with Crippen molar-refractivity contribution in [2.75, 3.05) is 11.9 Å². The Morgan fingerprint density at radius 3 is 2.50 bits per heavy atom. The van der Waals surface area contributed by atoms with Gasteiger partial charge in [0.25, 0.3) is 17.7 Å². The topological polar surface area (TPSA) is 88.8 Å². The molecule has 4 rings (SSSR count). The summed E-state index contributed by atoms with van der Waals surface area (Å²) in [6, 6.07) is 9.96. The van der Waals surface area contributed by atoms with Crippen molar-refractivity contribution >= 4 is 23.4 Å². The van der Waals surface area contributed by atoms with Crippen molar-refractivity contribution in [3.8, 4) is 5.75 Å². The molecule has 0 fully saturated rings. The Morgan fingerprint density at radius 2 is 1.82 bits per heavy atom. The van der Waals surface area contributed by atoms with Crippen LogP contribution in [0.5, 0.6) is 5.75 Å². The molecule has 0 saturated carbocycles. The number of nitrogens with zero attached hydrogens (tertiary/aromatic N) is 1. The van der Waals surface area contributed by atoms with Gasteiger partial charge < -0.3 is 14.5 Å². The molecule has 0 atom stereocenters. The van der Waals surface area contributed by atoms with Crippen molar-refractivity contribution in [2.24, 2.45) is 0 Å². The van der Waals surface area contributed by atoms with Crippen molar-refractivity contribution in [3.63, 3.8) is 0 Å². The first-order valence-electron chi connectivity index (χ1n) is 10.4. The van der Waals surface area contributed by atoms with E-state index in [2.05, 4.69) is 5.32 Å². The van der Waals surface area contributed by atoms with Gasteiger partial charge in [-0.05, 0) is 55.0 Å². The number of carbonyl (C=O) groups is 3. The van der Waals surface area contributed by atoms with Crippen LogP contribution < -0.4 is 10.1 Å². The van der Waals surface area contributed by atoms with Crippen molar-refractivity contribution in [2.45, 2.75) is 26.1 Å². The van der Waals surface area contributed by atoms with Crippen LogP contribution in [0.15, 0.2) is 59.2 Å². The minimum atomic E-state index is -4.61. The monoisotopic (exact) mass is 472 g/mol. The molecule has 0 unspecified atom stereocenters. The number of alkyl halides is 3. The zero-order valence-electron chi connectivity index (χ0n) is 17.9. The van der Waals surface area contributed by atoms with Crippen LogP contribution in [0.1, 0.15) is 55.7 Å². The normalized spacial score (nSPS) is 13.2. The van der Waals surface area contributed by atoms with Crippen LogP contribution in [0, 0.1) is 0 Å². The molecule has 1 aliphatic rings. The molecular weight excluding hydrogens is 453 g/mol. The number of halogens is 3. The summed E-state index contributed by atoms with van der Waals surface area (Å²) in [6.45, 7) is 2.01. The lowest BCUT2D eigenvalue weighted by molar-refractivity contribution is -0.137. The highest BCUT2D eigenvalue weighted by Gasteiger charge is 2.36. The molecule has 0 aliphatic carbocycles. The van der Waals surface area contributed by atoms with E-state index in [0.717, 1.165) is 23.1 Å². The molecule has 176 valence electrons. The Kier molecular flexibility index (Phi) is 6.14. The van der Waals surface area contributed by atoms with Gasteiger partial charge >= 0.3 is 6.18 Å². The summed E-state index contributed by atoms with van der Waals surface area (Å²) in [6.07, 6.45) is -2.58. The van der Waals surface area contributed by atoms with E-state index in [4.69, 9.17) is 9.15 Å². The maximum Gasteiger partial charge on any atom is 0.416 e. The van der Waals surface area contributed by atoms with E-state index in [1.54, 1.807) is 12.1 Å². The largest absolute Gasteiger partial charge is 0.491 e. The zero-order chi connectivity index (χ0) is 24.5. The predicted octanol–water partition coefficient (Wildman–Crippen LogP) is 5.14. The predicted molar refractivity (Wildman–Crippen MR) is 115 cm³/mol. The molecule has 2 aromatic carbocycles. The summed E-state index contributed by atoms with van der Waals surface area (Å²) in [5.41, 5.74) is -0.959. The Bertz CT molecular complexity index is 1250. The first kappa shape index (κ1) is 23.1. The minimum absolute atomic E-state index is 0.00129. The summed E-state index contributed by atoms with van der Waals surface area (Å²) >= 11 is 0. The van der Waals surface area contributed by atoms with E-state index >= 15 is 0 Å². The molecule has 1 aromatic heterocycles. The first-order chi connectivity index (χ1) is 16.2. The van der Waals surface area contributed by atoms with E-state index < -0.39 is 29.5 Å². The van der Waals surface area contributed by atoms with Gasteiger partial charge in [0.1, 0.15) is 11.5 Å². The molecule has 3 amide bonds. The second-order valence-electron chi connectivity index (χ2n) is 7.55. The SMILES string of the molecule is CCCOc1ccc(C(F)(F)F)cc1NC(=O)c1ccc2c(c1)C(=O)N(Cc1ccco1)C2=O. The molecule has 1 aliphatic heterocycles. The third-order valence-electron chi connectivity index (χ3n) is 5.14. The Morgan fingerprint density at radius 1 is 1.06 bits per heavy atom. The lowest BCUT2D eigenvalue weighted by Gasteiger charge is -2.15. The van der Waals surface area contributed by atoms with Gasteiger partial charge in [-0.3, -0.25) is 19.3 Å². The Hall–Kier alpha value is -4.08. The zero-order valence-corrected chi connectivity index (χ0v) is 17.9. The third-order valence-corrected chi connectivity index (χ3v) is 5.14. The number of ether oxygens (including phenoxy) is 1. The molecular formula is C24H19F3N2O5. The number of furan rings is 1. The number of carbonyl (C=O) groups excluding carboxylic acids is 3. The van der Waals surface area contributed by atoms with Crippen LogP contribution in [0.25, 0.3) is 0 Å². The number of hydrogen-bond donors (Lipinski definition) is 1. The van der Waals surface area contributed by atoms with Gasteiger partial charge in [-0.15, -0.1) is 0 Å². The fourth-order valence-corrected chi connectivity index (χ4v) is 3.47. The third kappa shape index (κ3) is 4.52. The number of rotatable bonds is 7. The van der Waals surface area contributed by atoms with Crippen LogP contribution in [-0.4, -0.2) is 29.2 Å². The number of anilines is 1. The van der Waals surface area contributed by atoms with E-state index in [-0.39, 0.29) is 41.3 Å². The maximum atomic E-state index is 13.2. The first-order valence-corrected chi connectivity index (χ1v) is 10.4. The van der Waals surface area contributed by atoms with E-state index in [1.807, 2.05) is 6.92 Å². The van der Waals surface area contributed by atoms with Gasteiger partial charge in [-0.2, -0.15) is 13.2 Å². The van der Waals surface area contributed by atoms with Gasteiger partial charge in [-0.25, -0.2) is 0 Å². The number of nitrogens with one attached hydrogen (secondary N) is 1. The average molecular weight is 472 g/mol. The lowest BCUT2D eigenvalue weighted by Crippen LogP contribution is -2.28. The van der Waals surface area contributed by atoms with Crippen LogP contribution in [0.2, 0.25) is 0 Å². The molecule has 3 aromatic rings. The molecule has 1 N–H and O–H groups in total. The number of fused-ring (bicyclic) bond motifs is 1. The molecule has 10 heteroatoms. The Balaban J connectivity index is 1.59. The number of hydrogen-bond acceptors (Lipinski definition) is 5. The summed E-state index contributed by atoms with van der Waals surface area (Å²) in [5, 5.41) is 2.42. The van der Waals surface area contributed by atoms with E-state index in [9.17, 15) is 27.6 Å². The molecule has 0 saturated heterocycles. The van der Waals surface area contributed by atoms with Crippen LogP contribution in [0.4, 0.5) is 18.9 Å². The summed E-state index contributed by atoms with van der Waals surface area (Å²) in [4.78, 5) is 39.3. The minimum Gasteiger partial charge on any atom is -0.491 e. The standard InChI is InChI=1S/C24H19F3N2O5/c1-2-9-34-20-8-6-15(24(25,26)27)12-19(20)28-21(30)14-5-7-17-18(11-14)23(32)29(22(17)31)13-16-4-3-10-33-16/h3-8,10-12H,2,9,13H2,1H3,(H,28,30). The fourth-order valence-electron chi connectivity index (χ4n) is 3.47. The van der Waals surface area contributed by atoms with Gasteiger partial charge in [0, 0.05) is 5.56 Å². The second kappa shape index (κ2) is 9.05. The Labute approximate surface area is 192 Å². The summed E-state index contributed by atoms with van der Waals surface area (Å²) in [5.74, 6) is -1.39. The van der Waals surface area contributed by atoms with Crippen LogP contribution in [-0.2, 0) is 12.7 Å². The molecule has 0 radical (unpaired) electrons. The van der Waals surface area contributed by atoms with Crippen LogP contribution >= 0.6 is 0 Å². The van der Waals surface area contributed by atoms with Crippen LogP contribution in [0.3, 0.4) is 0 Å². The molecule has 2 heterocycles. The lowest BCUT2D eigenvalue weighted by atomic mass is 10.0. The van der Waals surface area contributed by atoms with Crippen molar-refractivity contribution < 1.29 is 36.7 Å². The summed E-state index contributed by atoms with van der Waals surface area (Å²) < 4.78 is 50.2. The van der Waals surface area contributed by atoms with E-state index in [0.29, 0.717) is 12.2 Å². The smallest absolute Gasteiger partial charge is 0.416 e. The average Bonchev–Trinajstić information content (AvgIpc) is 3.40. The maximum absolute atomic E-state index is 13.2. The fraction of sp³-hybridized carbons (Fsp3) is 0.208. The van der Waals surface area contributed by atoms with Crippen molar-refractivity contribution in [1.29, 1.82) is 0 Å². The highest BCUT2D eigenvalue weighted by Crippen LogP contribution is 2.35. The number of imide groups is 1. The van der Waals surface area contributed by atoms with E-state index in [1.165, 1.54) is 24.5 Å². The molecule has 7 nitrogen and oxygen atoms in total. The van der Waals surface area contributed by atoms with Gasteiger partial charge in [0.15, 0.2) is 0 Å². The molecule has 0 spiro atoms. The van der Waals surface area contributed by atoms with Gasteiger partial charge in [-0.1, -0.05) is 6.92 Å².